The highest BCUT2D eigenvalue weighted by molar-refractivity contribution is 7.92. The van der Waals surface area contributed by atoms with Gasteiger partial charge in [-0.1, -0.05) is 29.8 Å². The molecule has 7 nitrogen and oxygen atoms in total. The number of nitrogens with zero attached hydrogens (tertiary/aromatic N) is 2. The number of aromatic nitrogens is 2. The van der Waals surface area contributed by atoms with Crippen molar-refractivity contribution in [1.29, 1.82) is 0 Å². The van der Waals surface area contributed by atoms with Crippen LogP contribution in [0.25, 0.3) is 11.0 Å². The molecule has 0 amide bonds. The molecule has 0 saturated carbocycles. The van der Waals surface area contributed by atoms with Crippen LogP contribution in [0.2, 0.25) is 5.02 Å². The highest BCUT2D eigenvalue weighted by Crippen LogP contribution is 2.22. The molecule has 0 unspecified atom stereocenters. The number of carboxylic acid groups (broad SMARTS) is 1. The van der Waals surface area contributed by atoms with Gasteiger partial charge in [-0.25, -0.2) is 18.4 Å². The summed E-state index contributed by atoms with van der Waals surface area (Å²) in [5.41, 5.74) is 1.30. The molecule has 9 heteroatoms. The zero-order chi connectivity index (χ0) is 18.0. The van der Waals surface area contributed by atoms with Gasteiger partial charge in [0.1, 0.15) is 5.52 Å². The Morgan fingerprint density at radius 2 is 1.96 bits per heavy atom. The number of anilines is 1. The van der Waals surface area contributed by atoms with Gasteiger partial charge in [0.25, 0.3) is 10.0 Å². The van der Waals surface area contributed by atoms with Gasteiger partial charge >= 0.3 is 5.97 Å². The van der Waals surface area contributed by atoms with E-state index in [2.05, 4.69) is 14.7 Å². The number of carboxylic acids is 1. The lowest BCUT2D eigenvalue weighted by Crippen LogP contribution is -2.14. The number of hydrogen-bond acceptors (Lipinski definition) is 5. The van der Waals surface area contributed by atoms with Gasteiger partial charge in [-0.2, -0.15) is 0 Å². The van der Waals surface area contributed by atoms with Crippen molar-refractivity contribution in [2.75, 3.05) is 4.72 Å². The Morgan fingerprint density at radius 3 is 2.72 bits per heavy atom. The number of fused-ring (bicyclic) bond motifs is 1. The minimum atomic E-state index is -3.93. The molecule has 2 aromatic carbocycles. The van der Waals surface area contributed by atoms with E-state index in [0.29, 0.717) is 21.6 Å². The normalized spacial score (nSPS) is 11.4. The summed E-state index contributed by atoms with van der Waals surface area (Å²) in [6, 6.07) is 10.7. The molecule has 128 valence electrons. The van der Waals surface area contributed by atoms with Crippen molar-refractivity contribution in [3.63, 3.8) is 0 Å². The maximum atomic E-state index is 12.5. The minimum absolute atomic E-state index is 0.0402. The van der Waals surface area contributed by atoms with Crippen molar-refractivity contribution >= 4 is 44.4 Å². The van der Waals surface area contributed by atoms with Crippen molar-refractivity contribution in [1.82, 2.24) is 9.97 Å². The molecular weight excluding hydrogens is 366 g/mol. The summed E-state index contributed by atoms with van der Waals surface area (Å²) in [6.45, 7) is 0. The first kappa shape index (κ1) is 17.1. The van der Waals surface area contributed by atoms with Gasteiger partial charge in [0.2, 0.25) is 0 Å². The van der Waals surface area contributed by atoms with Gasteiger partial charge in [0, 0.05) is 0 Å². The first-order valence-electron chi connectivity index (χ1n) is 7.10. The summed E-state index contributed by atoms with van der Waals surface area (Å²) in [6.07, 6.45) is 1.00. The summed E-state index contributed by atoms with van der Waals surface area (Å²) >= 11 is 6.01. The average Bonchev–Trinajstić information content (AvgIpc) is 2.54. The summed E-state index contributed by atoms with van der Waals surface area (Å²) in [4.78, 5) is 19.0. The molecule has 1 heterocycles. The standard InChI is InChI=1S/C16H12ClN3O4S/c17-12-5-2-6-13-16(12)18-9-14(19-13)20-25(23,24)11-4-1-3-10(7-11)8-15(21)22/h1-7,9H,8H2,(H,19,20)(H,21,22). The van der Waals surface area contributed by atoms with Crippen LogP contribution in [0.3, 0.4) is 0 Å². The second-order valence-electron chi connectivity index (χ2n) is 5.19. The number of aliphatic carboxylic acids is 1. The van der Waals surface area contributed by atoms with Gasteiger partial charge in [0.15, 0.2) is 5.82 Å². The molecule has 0 atom stereocenters. The molecule has 0 radical (unpaired) electrons. The third-order valence-electron chi connectivity index (χ3n) is 3.33. The molecule has 0 aliphatic rings. The van der Waals surface area contributed by atoms with Crippen molar-refractivity contribution in [2.45, 2.75) is 11.3 Å². The van der Waals surface area contributed by atoms with Crippen LogP contribution in [0.15, 0.2) is 53.6 Å². The summed E-state index contributed by atoms with van der Waals surface area (Å²) in [5, 5.41) is 9.24. The molecule has 2 N–H and O–H groups in total. The molecule has 25 heavy (non-hydrogen) atoms. The fourth-order valence-corrected chi connectivity index (χ4v) is 3.52. The zero-order valence-corrected chi connectivity index (χ0v) is 14.3. The highest BCUT2D eigenvalue weighted by atomic mass is 35.5. The Labute approximate surface area is 148 Å². The van der Waals surface area contributed by atoms with Crippen LogP contribution < -0.4 is 4.72 Å². The number of carbonyl (C=O) groups is 1. The van der Waals surface area contributed by atoms with Gasteiger partial charge in [-0.05, 0) is 29.8 Å². The van der Waals surface area contributed by atoms with Crippen LogP contribution in [-0.2, 0) is 21.2 Å². The van der Waals surface area contributed by atoms with E-state index in [1.165, 1.54) is 24.4 Å². The molecule has 0 saturated heterocycles. The third-order valence-corrected chi connectivity index (χ3v) is 4.98. The SMILES string of the molecule is O=C(O)Cc1cccc(S(=O)(=O)Nc2cnc3c(Cl)cccc3n2)c1. The second-order valence-corrected chi connectivity index (χ2v) is 7.28. The van der Waals surface area contributed by atoms with Gasteiger partial charge in [0.05, 0.1) is 28.1 Å². The number of rotatable bonds is 5. The van der Waals surface area contributed by atoms with Crippen LogP contribution in [0.1, 0.15) is 5.56 Å². The smallest absolute Gasteiger partial charge is 0.307 e. The molecular formula is C16H12ClN3O4S. The maximum Gasteiger partial charge on any atom is 0.307 e. The van der Waals surface area contributed by atoms with Crippen LogP contribution >= 0.6 is 11.6 Å². The van der Waals surface area contributed by atoms with Crippen molar-refractivity contribution < 1.29 is 18.3 Å². The van der Waals surface area contributed by atoms with Crippen LogP contribution in [-0.4, -0.2) is 29.5 Å². The molecule has 0 bridgehead atoms. The molecule has 0 aliphatic carbocycles. The number of hydrogen-bond donors (Lipinski definition) is 2. The van der Waals surface area contributed by atoms with Crippen LogP contribution in [0.4, 0.5) is 5.82 Å². The fourth-order valence-electron chi connectivity index (χ4n) is 2.25. The van der Waals surface area contributed by atoms with Crippen LogP contribution in [0, 0.1) is 0 Å². The second kappa shape index (κ2) is 6.66. The van der Waals surface area contributed by atoms with E-state index in [4.69, 9.17) is 16.7 Å². The van der Waals surface area contributed by atoms with Crippen molar-refractivity contribution in [3.05, 3.63) is 59.2 Å². The van der Waals surface area contributed by atoms with Crippen molar-refractivity contribution in [2.24, 2.45) is 0 Å². The Hall–Kier alpha value is -2.71. The summed E-state index contributed by atoms with van der Waals surface area (Å²) in [5.74, 6) is -1.00. The largest absolute Gasteiger partial charge is 0.481 e. The molecule has 0 spiro atoms. The fraction of sp³-hybridized carbons (Fsp3) is 0.0625. The van der Waals surface area contributed by atoms with E-state index in [1.54, 1.807) is 24.3 Å². The van der Waals surface area contributed by atoms with E-state index in [-0.39, 0.29) is 17.1 Å². The highest BCUT2D eigenvalue weighted by Gasteiger charge is 2.16. The third kappa shape index (κ3) is 3.86. The zero-order valence-electron chi connectivity index (χ0n) is 12.7. The predicted molar refractivity (Wildman–Crippen MR) is 93.1 cm³/mol. The number of nitrogens with one attached hydrogen (secondary N) is 1. The number of benzene rings is 2. The lowest BCUT2D eigenvalue weighted by Gasteiger charge is -2.09. The number of sulfonamides is 1. The van der Waals surface area contributed by atoms with Crippen LogP contribution in [0.5, 0.6) is 0 Å². The molecule has 1 aromatic heterocycles. The molecule has 3 aromatic rings. The van der Waals surface area contributed by atoms with Crippen molar-refractivity contribution in [3.8, 4) is 0 Å². The molecule has 0 fully saturated rings. The first-order valence-corrected chi connectivity index (χ1v) is 8.96. The van der Waals surface area contributed by atoms with Gasteiger partial charge in [-0.15, -0.1) is 0 Å². The lowest BCUT2D eigenvalue weighted by atomic mass is 10.2. The Morgan fingerprint density at radius 1 is 1.20 bits per heavy atom. The Bertz CT molecular complexity index is 1070. The summed E-state index contributed by atoms with van der Waals surface area (Å²) < 4.78 is 27.3. The van der Waals surface area contributed by atoms with E-state index in [1.807, 2.05) is 0 Å². The van der Waals surface area contributed by atoms with E-state index < -0.39 is 16.0 Å². The molecule has 0 aliphatic heterocycles. The lowest BCUT2D eigenvalue weighted by molar-refractivity contribution is -0.136. The van der Waals surface area contributed by atoms with Gasteiger partial charge in [-0.3, -0.25) is 9.52 Å². The maximum absolute atomic E-state index is 12.5. The topological polar surface area (TPSA) is 109 Å². The summed E-state index contributed by atoms with van der Waals surface area (Å²) in [7, 11) is -3.93. The Kier molecular flexibility index (Phi) is 4.56. The monoisotopic (exact) mass is 377 g/mol. The number of para-hydroxylation sites is 1. The van der Waals surface area contributed by atoms with E-state index in [0.717, 1.165) is 0 Å². The van der Waals surface area contributed by atoms with E-state index >= 15 is 0 Å². The number of halogens is 1. The predicted octanol–water partition coefficient (Wildman–Crippen LogP) is 2.71. The molecule has 3 rings (SSSR count). The Balaban J connectivity index is 1.92. The quantitative estimate of drug-likeness (QED) is 0.707. The van der Waals surface area contributed by atoms with Gasteiger partial charge < -0.3 is 5.11 Å². The average molecular weight is 378 g/mol. The van der Waals surface area contributed by atoms with E-state index in [9.17, 15) is 13.2 Å². The first-order chi connectivity index (χ1) is 11.8. The minimum Gasteiger partial charge on any atom is -0.481 e.